The molecule has 0 amide bonds. The highest BCUT2D eigenvalue weighted by Crippen LogP contribution is 2.11. The van der Waals surface area contributed by atoms with Gasteiger partial charge in [-0.25, -0.2) is 0 Å². The maximum atomic E-state index is 11.6. The maximum Gasteiger partial charge on any atom is 0.272 e. The minimum absolute atomic E-state index is 0.00833. The van der Waals surface area contributed by atoms with Crippen LogP contribution in [0.2, 0.25) is 0 Å². The lowest BCUT2D eigenvalue weighted by molar-refractivity contribution is 0.615. The van der Waals surface area contributed by atoms with Gasteiger partial charge in [0.1, 0.15) is 5.52 Å². The van der Waals surface area contributed by atoms with Gasteiger partial charge < -0.3 is 9.55 Å². The molecule has 0 aliphatic carbocycles. The predicted octanol–water partition coefficient (Wildman–Crippen LogP) is 2.52. The van der Waals surface area contributed by atoms with Gasteiger partial charge in [0.2, 0.25) is 0 Å². The van der Waals surface area contributed by atoms with Crippen LogP contribution in [0.15, 0.2) is 29.3 Å². The van der Waals surface area contributed by atoms with Crippen molar-refractivity contribution >= 4 is 10.9 Å². The van der Waals surface area contributed by atoms with Crippen molar-refractivity contribution in [1.82, 2.24) is 9.55 Å². The Labute approximate surface area is 88.7 Å². The van der Waals surface area contributed by atoms with E-state index in [-0.39, 0.29) is 5.56 Å². The van der Waals surface area contributed by atoms with Crippen LogP contribution in [0.25, 0.3) is 10.9 Å². The van der Waals surface area contributed by atoms with Crippen LogP contribution in [0.3, 0.4) is 0 Å². The number of rotatable bonds is 4. The first-order chi connectivity index (χ1) is 7.33. The molecule has 3 nitrogen and oxygen atoms in total. The number of aryl methyl sites for hydroxylation is 1. The number of H-pyrrole nitrogens is 1. The number of fused-ring (bicyclic) bond motifs is 1. The molecule has 0 aromatic carbocycles. The fraction of sp³-hybridized carbons (Fsp3) is 0.417. The summed E-state index contributed by atoms with van der Waals surface area (Å²) in [5.74, 6) is 0. The summed E-state index contributed by atoms with van der Waals surface area (Å²) in [6.45, 7) is 3.12. The topological polar surface area (TPSA) is 37.8 Å². The van der Waals surface area contributed by atoms with E-state index in [1.807, 2.05) is 22.9 Å². The van der Waals surface area contributed by atoms with Crippen molar-refractivity contribution in [2.45, 2.75) is 32.7 Å². The number of hydrogen-bond acceptors (Lipinski definition) is 1. The van der Waals surface area contributed by atoms with E-state index in [2.05, 4.69) is 11.9 Å². The van der Waals surface area contributed by atoms with E-state index in [4.69, 9.17) is 0 Å². The van der Waals surface area contributed by atoms with Gasteiger partial charge in [-0.15, -0.1) is 0 Å². The molecule has 2 aromatic rings. The molecule has 2 heterocycles. The summed E-state index contributed by atoms with van der Waals surface area (Å²) >= 11 is 0. The molecule has 0 fully saturated rings. The van der Waals surface area contributed by atoms with Crippen LogP contribution < -0.4 is 5.56 Å². The third-order valence-electron chi connectivity index (χ3n) is 2.69. The summed E-state index contributed by atoms with van der Waals surface area (Å²) in [4.78, 5) is 14.3. The van der Waals surface area contributed by atoms with E-state index in [1.165, 1.54) is 12.8 Å². The Bertz CT molecular complexity index is 496. The van der Waals surface area contributed by atoms with E-state index in [0.717, 1.165) is 23.9 Å². The van der Waals surface area contributed by atoms with Crippen molar-refractivity contribution in [2.24, 2.45) is 0 Å². The number of pyridine rings is 1. The molecule has 0 spiro atoms. The van der Waals surface area contributed by atoms with Crippen molar-refractivity contribution in [1.29, 1.82) is 0 Å². The Balaban J connectivity index is 2.32. The fourth-order valence-corrected chi connectivity index (χ4v) is 1.88. The monoisotopic (exact) mass is 204 g/mol. The van der Waals surface area contributed by atoms with Crippen molar-refractivity contribution in [3.63, 3.8) is 0 Å². The van der Waals surface area contributed by atoms with Crippen LogP contribution in [0.4, 0.5) is 0 Å². The highest BCUT2D eigenvalue weighted by Gasteiger charge is 2.03. The quantitative estimate of drug-likeness (QED) is 0.763. The second kappa shape index (κ2) is 4.34. The molecule has 0 saturated heterocycles. The summed E-state index contributed by atoms with van der Waals surface area (Å²) in [6.07, 6.45) is 7.24. The molecule has 3 heteroatoms. The van der Waals surface area contributed by atoms with E-state index in [1.54, 1.807) is 6.20 Å². The number of hydrogen-bond donors (Lipinski definition) is 1. The van der Waals surface area contributed by atoms with Gasteiger partial charge in [0.25, 0.3) is 5.56 Å². The lowest BCUT2D eigenvalue weighted by Crippen LogP contribution is -2.10. The molecular weight excluding hydrogens is 188 g/mol. The van der Waals surface area contributed by atoms with Crippen LogP contribution >= 0.6 is 0 Å². The highest BCUT2D eigenvalue weighted by atomic mass is 16.1. The third-order valence-corrected chi connectivity index (χ3v) is 2.69. The van der Waals surface area contributed by atoms with Gasteiger partial charge in [-0.2, -0.15) is 0 Å². The molecule has 2 aromatic heterocycles. The van der Waals surface area contributed by atoms with E-state index in [9.17, 15) is 4.79 Å². The number of nitrogens with one attached hydrogen (secondary N) is 1. The molecule has 0 unspecified atom stereocenters. The molecule has 0 saturated carbocycles. The molecule has 1 N–H and O–H groups in total. The molecule has 80 valence electrons. The number of aromatic nitrogens is 2. The van der Waals surface area contributed by atoms with Gasteiger partial charge in [0, 0.05) is 24.3 Å². The Kier molecular flexibility index (Phi) is 2.90. The zero-order valence-electron chi connectivity index (χ0n) is 8.99. The first-order valence-corrected chi connectivity index (χ1v) is 5.49. The molecule has 0 aliphatic heterocycles. The zero-order valence-corrected chi connectivity index (χ0v) is 8.99. The smallest absolute Gasteiger partial charge is 0.272 e. The van der Waals surface area contributed by atoms with E-state index in [0.29, 0.717) is 0 Å². The number of aromatic amines is 1. The molecule has 0 atom stereocenters. The Morgan fingerprint density at radius 1 is 1.33 bits per heavy atom. The van der Waals surface area contributed by atoms with Gasteiger partial charge in [-0.05, 0) is 18.6 Å². The van der Waals surface area contributed by atoms with Crippen LogP contribution in [0.1, 0.15) is 26.2 Å². The molecule has 0 aliphatic rings. The summed E-state index contributed by atoms with van der Waals surface area (Å²) < 4.78 is 2.05. The van der Waals surface area contributed by atoms with Crippen LogP contribution in [-0.2, 0) is 6.54 Å². The van der Waals surface area contributed by atoms with Crippen LogP contribution in [-0.4, -0.2) is 9.55 Å². The second-order valence-electron chi connectivity index (χ2n) is 3.83. The highest BCUT2D eigenvalue weighted by molar-refractivity contribution is 5.78. The van der Waals surface area contributed by atoms with E-state index < -0.39 is 0 Å². The van der Waals surface area contributed by atoms with E-state index >= 15 is 0 Å². The van der Waals surface area contributed by atoms with Gasteiger partial charge in [-0.1, -0.05) is 19.8 Å². The summed E-state index contributed by atoms with van der Waals surface area (Å²) in [5, 5.41) is 1.02. The molecule has 0 bridgehead atoms. The molecule has 2 rings (SSSR count). The Morgan fingerprint density at radius 3 is 3.00 bits per heavy atom. The van der Waals surface area contributed by atoms with Crippen molar-refractivity contribution in [3.05, 3.63) is 34.9 Å². The predicted molar refractivity (Wildman–Crippen MR) is 62.1 cm³/mol. The minimum atomic E-state index is 0.00833. The van der Waals surface area contributed by atoms with Gasteiger partial charge >= 0.3 is 0 Å². The SMILES string of the molecule is CCCCCn1ccc2cc[nH]c(=O)c21. The van der Waals surface area contributed by atoms with Gasteiger partial charge in [0.05, 0.1) is 0 Å². The standard InChI is InChI=1S/C12H16N2O/c1-2-3-4-8-14-9-6-10-5-7-13-12(15)11(10)14/h5-7,9H,2-4,8H2,1H3,(H,13,15). The Morgan fingerprint density at radius 2 is 2.20 bits per heavy atom. The molecule has 15 heavy (non-hydrogen) atoms. The largest absolute Gasteiger partial charge is 0.343 e. The fourth-order valence-electron chi connectivity index (χ4n) is 1.88. The zero-order chi connectivity index (χ0) is 10.7. The lowest BCUT2D eigenvalue weighted by Gasteiger charge is -2.03. The first kappa shape index (κ1) is 10.0. The normalized spacial score (nSPS) is 11.0. The van der Waals surface area contributed by atoms with Crippen LogP contribution in [0.5, 0.6) is 0 Å². The second-order valence-corrected chi connectivity index (χ2v) is 3.83. The Hall–Kier alpha value is -1.51. The molecule has 0 radical (unpaired) electrons. The summed E-state index contributed by atoms with van der Waals surface area (Å²) in [7, 11) is 0. The van der Waals surface area contributed by atoms with Gasteiger partial charge in [0.15, 0.2) is 0 Å². The third kappa shape index (κ3) is 1.96. The van der Waals surface area contributed by atoms with Crippen molar-refractivity contribution < 1.29 is 0 Å². The number of unbranched alkanes of at least 4 members (excludes halogenated alkanes) is 2. The summed E-state index contributed by atoms with van der Waals surface area (Å²) in [5.41, 5.74) is 0.808. The summed E-state index contributed by atoms with van der Waals surface area (Å²) in [6, 6.07) is 3.93. The van der Waals surface area contributed by atoms with Crippen molar-refractivity contribution in [3.8, 4) is 0 Å². The lowest BCUT2D eigenvalue weighted by atomic mass is 10.2. The number of nitrogens with zero attached hydrogens (tertiary/aromatic N) is 1. The molecular formula is C12H16N2O. The average molecular weight is 204 g/mol. The van der Waals surface area contributed by atoms with Crippen LogP contribution in [0, 0.1) is 0 Å². The minimum Gasteiger partial charge on any atom is -0.343 e. The van der Waals surface area contributed by atoms with Gasteiger partial charge in [-0.3, -0.25) is 4.79 Å². The maximum absolute atomic E-state index is 11.6. The van der Waals surface area contributed by atoms with Crippen molar-refractivity contribution in [2.75, 3.05) is 0 Å². The average Bonchev–Trinajstić information content (AvgIpc) is 2.63. The first-order valence-electron chi connectivity index (χ1n) is 5.49.